The average Bonchev–Trinajstić information content (AvgIpc) is 3.08. The third-order valence-corrected chi connectivity index (χ3v) is 3.13. The Labute approximate surface area is 122 Å². The van der Waals surface area contributed by atoms with Crippen molar-refractivity contribution >= 4 is 5.91 Å². The van der Waals surface area contributed by atoms with Gasteiger partial charge in [0, 0.05) is 42.6 Å². The van der Waals surface area contributed by atoms with E-state index in [-0.39, 0.29) is 5.91 Å². The van der Waals surface area contributed by atoms with Crippen LogP contribution in [0.1, 0.15) is 15.9 Å². The minimum absolute atomic E-state index is 0.0935. The number of benzene rings is 1. The SMILES string of the molecule is O=C(NCc1ccncc1)c1ccc(-n2ccnc2)cc1. The molecule has 2 heterocycles. The molecular weight excluding hydrogens is 264 g/mol. The lowest BCUT2D eigenvalue weighted by Crippen LogP contribution is -2.22. The van der Waals surface area contributed by atoms with Crippen LogP contribution in [-0.2, 0) is 6.54 Å². The van der Waals surface area contributed by atoms with Crippen LogP contribution in [-0.4, -0.2) is 20.4 Å². The van der Waals surface area contributed by atoms with Crippen molar-refractivity contribution in [3.05, 3.63) is 78.6 Å². The van der Waals surface area contributed by atoms with Crippen LogP contribution in [0.5, 0.6) is 0 Å². The Bertz CT molecular complexity index is 706. The summed E-state index contributed by atoms with van der Waals surface area (Å²) in [5.41, 5.74) is 2.62. The van der Waals surface area contributed by atoms with Crippen LogP contribution in [0.3, 0.4) is 0 Å². The van der Waals surface area contributed by atoms with Gasteiger partial charge in [-0.15, -0.1) is 0 Å². The number of rotatable bonds is 4. The molecule has 5 nitrogen and oxygen atoms in total. The van der Waals surface area contributed by atoms with Gasteiger partial charge in [-0.25, -0.2) is 4.98 Å². The molecule has 0 saturated heterocycles. The molecular formula is C16H14N4O. The summed E-state index contributed by atoms with van der Waals surface area (Å²) in [6, 6.07) is 11.1. The van der Waals surface area contributed by atoms with Gasteiger partial charge in [-0.2, -0.15) is 0 Å². The maximum absolute atomic E-state index is 12.1. The maximum atomic E-state index is 12.1. The van der Waals surface area contributed by atoms with E-state index >= 15 is 0 Å². The lowest BCUT2D eigenvalue weighted by Gasteiger charge is -2.06. The highest BCUT2D eigenvalue weighted by atomic mass is 16.1. The summed E-state index contributed by atoms with van der Waals surface area (Å²) in [5, 5.41) is 2.88. The summed E-state index contributed by atoms with van der Waals surface area (Å²) in [7, 11) is 0. The summed E-state index contributed by atoms with van der Waals surface area (Å²) in [6.07, 6.45) is 8.72. The molecule has 21 heavy (non-hydrogen) atoms. The number of pyridine rings is 1. The van der Waals surface area contributed by atoms with E-state index in [0.717, 1.165) is 11.3 Å². The van der Waals surface area contributed by atoms with Crippen molar-refractivity contribution in [1.29, 1.82) is 0 Å². The third-order valence-electron chi connectivity index (χ3n) is 3.13. The predicted octanol–water partition coefficient (Wildman–Crippen LogP) is 2.20. The third kappa shape index (κ3) is 3.14. The van der Waals surface area contributed by atoms with Crippen LogP contribution in [0.15, 0.2) is 67.5 Å². The minimum atomic E-state index is -0.0935. The molecule has 0 saturated carbocycles. The number of carbonyl (C=O) groups excluding carboxylic acids is 1. The first-order valence-electron chi connectivity index (χ1n) is 6.58. The van der Waals surface area contributed by atoms with Crippen molar-refractivity contribution in [2.24, 2.45) is 0 Å². The number of aromatic nitrogens is 3. The van der Waals surface area contributed by atoms with Crippen molar-refractivity contribution in [3.63, 3.8) is 0 Å². The molecule has 0 unspecified atom stereocenters. The van der Waals surface area contributed by atoms with Crippen molar-refractivity contribution in [3.8, 4) is 5.69 Å². The first kappa shape index (κ1) is 13.1. The molecule has 0 spiro atoms. The number of carbonyl (C=O) groups is 1. The van der Waals surface area contributed by atoms with Crippen LogP contribution in [0, 0.1) is 0 Å². The lowest BCUT2D eigenvalue weighted by atomic mass is 10.2. The van der Waals surface area contributed by atoms with Gasteiger partial charge in [0.05, 0.1) is 6.33 Å². The highest BCUT2D eigenvalue weighted by Gasteiger charge is 2.05. The van der Waals surface area contributed by atoms with E-state index in [1.807, 2.05) is 35.0 Å². The zero-order chi connectivity index (χ0) is 14.5. The standard InChI is InChI=1S/C16H14N4O/c21-16(19-11-13-5-7-17-8-6-13)14-1-3-15(4-2-14)20-10-9-18-12-20/h1-10,12H,11H2,(H,19,21). The first-order chi connectivity index (χ1) is 10.3. The van der Waals surface area contributed by atoms with Crippen molar-refractivity contribution < 1.29 is 4.79 Å². The molecule has 1 amide bonds. The molecule has 0 bridgehead atoms. The molecule has 0 fully saturated rings. The molecule has 104 valence electrons. The number of amides is 1. The van der Waals surface area contributed by atoms with Crippen LogP contribution in [0.25, 0.3) is 5.69 Å². The topological polar surface area (TPSA) is 59.8 Å². The van der Waals surface area contributed by atoms with Crippen LogP contribution >= 0.6 is 0 Å². The molecule has 5 heteroatoms. The van der Waals surface area contributed by atoms with Gasteiger partial charge in [-0.3, -0.25) is 9.78 Å². The molecule has 0 aliphatic rings. The van der Waals surface area contributed by atoms with E-state index in [2.05, 4.69) is 15.3 Å². The van der Waals surface area contributed by atoms with Gasteiger partial charge in [-0.1, -0.05) is 0 Å². The van der Waals surface area contributed by atoms with Crippen LogP contribution in [0.2, 0.25) is 0 Å². The fourth-order valence-corrected chi connectivity index (χ4v) is 1.98. The number of nitrogens with zero attached hydrogens (tertiary/aromatic N) is 3. The minimum Gasteiger partial charge on any atom is -0.348 e. The fraction of sp³-hybridized carbons (Fsp3) is 0.0625. The molecule has 0 aliphatic carbocycles. The van der Waals surface area contributed by atoms with E-state index in [0.29, 0.717) is 12.1 Å². The van der Waals surface area contributed by atoms with Gasteiger partial charge in [0.1, 0.15) is 0 Å². The lowest BCUT2D eigenvalue weighted by molar-refractivity contribution is 0.0951. The number of imidazole rings is 1. The highest BCUT2D eigenvalue weighted by Crippen LogP contribution is 2.09. The van der Waals surface area contributed by atoms with E-state index in [9.17, 15) is 4.79 Å². The first-order valence-corrected chi connectivity index (χ1v) is 6.58. The van der Waals surface area contributed by atoms with Gasteiger partial charge in [0.15, 0.2) is 0 Å². The zero-order valence-electron chi connectivity index (χ0n) is 11.3. The van der Waals surface area contributed by atoms with Gasteiger partial charge >= 0.3 is 0 Å². The van der Waals surface area contributed by atoms with E-state index in [1.165, 1.54) is 0 Å². The van der Waals surface area contributed by atoms with Crippen LogP contribution in [0.4, 0.5) is 0 Å². The Morgan fingerprint density at radius 1 is 1.00 bits per heavy atom. The highest BCUT2D eigenvalue weighted by molar-refractivity contribution is 5.94. The largest absolute Gasteiger partial charge is 0.348 e. The van der Waals surface area contributed by atoms with Gasteiger partial charge in [0.25, 0.3) is 5.91 Å². The second-order valence-corrected chi connectivity index (χ2v) is 4.55. The molecule has 0 atom stereocenters. The summed E-state index contributed by atoms with van der Waals surface area (Å²) in [4.78, 5) is 20.0. The van der Waals surface area contributed by atoms with E-state index in [4.69, 9.17) is 0 Å². The zero-order valence-corrected chi connectivity index (χ0v) is 11.3. The number of hydrogen-bond donors (Lipinski definition) is 1. The molecule has 3 rings (SSSR count). The Balaban J connectivity index is 1.65. The Hall–Kier alpha value is -2.95. The fourth-order valence-electron chi connectivity index (χ4n) is 1.98. The molecule has 3 aromatic rings. The second kappa shape index (κ2) is 6.00. The average molecular weight is 278 g/mol. The Morgan fingerprint density at radius 2 is 1.76 bits per heavy atom. The Kier molecular flexibility index (Phi) is 3.73. The Morgan fingerprint density at radius 3 is 2.43 bits per heavy atom. The van der Waals surface area contributed by atoms with Gasteiger partial charge in [-0.05, 0) is 42.0 Å². The molecule has 1 aromatic carbocycles. The molecule has 1 N–H and O–H groups in total. The van der Waals surface area contributed by atoms with Crippen molar-refractivity contribution in [1.82, 2.24) is 19.9 Å². The monoisotopic (exact) mass is 278 g/mol. The number of nitrogens with one attached hydrogen (secondary N) is 1. The molecule has 2 aromatic heterocycles. The molecule has 0 radical (unpaired) electrons. The normalized spacial score (nSPS) is 10.3. The summed E-state index contributed by atoms with van der Waals surface area (Å²) < 4.78 is 1.89. The van der Waals surface area contributed by atoms with E-state index in [1.54, 1.807) is 37.1 Å². The summed E-state index contributed by atoms with van der Waals surface area (Å²) in [6.45, 7) is 0.491. The van der Waals surface area contributed by atoms with Crippen molar-refractivity contribution in [2.75, 3.05) is 0 Å². The quantitative estimate of drug-likeness (QED) is 0.796. The second-order valence-electron chi connectivity index (χ2n) is 4.55. The maximum Gasteiger partial charge on any atom is 0.251 e. The van der Waals surface area contributed by atoms with E-state index < -0.39 is 0 Å². The molecule has 0 aliphatic heterocycles. The van der Waals surface area contributed by atoms with Gasteiger partial charge < -0.3 is 9.88 Å². The summed E-state index contributed by atoms with van der Waals surface area (Å²) >= 11 is 0. The van der Waals surface area contributed by atoms with Crippen molar-refractivity contribution in [2.45, 2.75) is 6.54 Å². The summed E-state index contributed by atoms with van der Waals surface area (Å²) in [5.74, 6) is -0.0935. The smallest absolute Gasteiger partial charge is 0.251 e. The van der Waals surface area contributed by atoms with Gasteiger partial charge in [0.2, 0.25) is 0 Å². The predicted molar refractivity (Wildman–Crippen MR) is 79.0 cm³/mol. The number of hydrogen-bond acceptors (Lipinski definition) is 3. The van der Waals surface area contributed by atoms with Crippen LogP contribution < -0.4 is 5.32 Å².